The van der Waals surface area contributed by atoms with E-state index in [0.29, 0.717) is 29.1 Å². The molecule has 34 heavy (non-hydrogen) atoms. The minimum atomic E-state index is -0.699. The number of rotatable bonds is 9. The SMILES string of the molecule is CCC(C)(N)CCC(=O)c1c(C)nc2c(OCc3c(F)cccc3F)cc(-n3cccn3)cn12. The Morgan fingerprint density at radius 3 is 2.62 bits per heavy atom. The molecule has 0 bridgehead atoms. The Balaban J connectivity index is 1.76. The molecule has 1 atom stereocenters. The molecular formula is C25H27F2N5O2. The predicted molar refractivity (Wildman–Crippen MR) is 124 cm³/mol. The first-order valence-electron chi connectivity index (χ1n) is 11.1. The zero-order valence-electron chi connectivity index (χ0n) is 19.4. The van der Waals surface area contributed by atoms with Crippen LogP contribution in [0, 0.1) is 18.6 Å². The first kappa shape index (κ1) is 23.6. The molecule has 4 rings (SSSR count). The van der Waals surface area contributed by atoms with Crippen LogP contribution in [0.3, 0.4) is 0 Å². The van der Waals surface area contributed by atoms with Crippen molar-refractivity contribution >= 4 is 11.4 Å². The van der Waals surface area contributed by atoms with Crippen LogP contribution >= 0.6 is 0 Å². The maximum absolute atomic E-state index is 14.1. The Morgan fingerprint density at radius 2 is 1.97 bits per heavy atom. The van der Waals surface area contributed by atoms with E-state index < -0.39 is 17.2 Å². The van der Waals surface area contributed by atoms with Crippen LogP contribution in [0.5, 0.6) is 5.75 Å². The fraction of sp³-hybridized carbons (Fsp3) is 0.320. The number of pyridine rings is 1. The lowest BCUT2D eigenvalue weighted by Crippen LogP contribution is -2.35. The monoisotopic (exact) mass is 467 g/mol. The molecule has 2 N–H and O–H groups in total. The van der Waals surface area contributed by atoms with Crippen LogP contribution in [0.4, 0.5) is 8.78 Å². The molecule has 0 aliphatic heterocycles. The number of halogens is 2. The van der Waals surface area contributed by atoms with Crippen molar-refractivity contribution in [3.8, 4) is 11.4 Å². The summed E-state index contributed by atoms with van der Waals surface area (Å²) < 4.78 is 37.4. The standard InChI is InChI=1S/C25H27F2N5O2/c1-4-25(3,28)10-9-21(33)23-16(2)30-24-22(34-15-18-19(26)7-5-8-20(18)27)13-17(14-31(23)24)32-12-6-11-29-32/h5-8,11-14H,4,9-10,15,28H2,1-3H3. The van der Waals surface area contributed by atoms with Crippen LogP contribution in [-0.4, -0.2) is 30.5 Å². The van der Waals surface area contributed by atoms with E-state index in [1.165, 1.54) is 18.2 Å². The molecule has 1 unspecified atom stereocenters. The normalized spacial score (nSPS) is 13.2. The average molecular weight is 468 g/mol. The number of imidazole rings is 1. The van der Waals surface area contributed by atoms with Gasteiger partial charge in [-0.3, -0.25) is 9.20 Å². The van der Waals surface area contributed by atoms with E-state index in [2.05, 4.69) is 10.1 Å². The number of hydrogen-bond donors (Lipinski definition) is 1. The molecule has 9 heteroatoms. The molecule has 0 amide bonds. The molecule has 0 fully saturated rings. The van der Waals surface area contributed by atoms with Crippen LogP contribution in [0.1, 0.15) is 54.9 Å². The molecule has 3 aromatic heterocycles. The zero-order chi connectivity index (χ0) is 24.5. The van der Waals surface area contributed by atoms with Gasteiger partial charge in [-0.1, -0.05) is 13.0 Å². The number of hydrogen-bond acceptors (Lipinski definition) is 5. The van der Waals surface area contributed by atoms with Gasteiger partial charge in [-0.25, -0.2) is 18.4 Å². The number of carbonyl (C=O) groups excluding carboxylic acids is 1. The highest BCUT2D eigenvalue weighted by Gasteiger charge is 2.24. The number of ketones is 1. The second-order valence-corrected chi connectivity index (χ2v) is 8.67. The summed E-state index contributed by atoms with van der Waals surface area (Å²) in [5.74, 6) is -1.22. The lowest BCUT2D eigenvalue weighted by Gasteiger charge is -2.21. The quantitative estimate of drug-likeness (QED) is 0.358. The van der Waals surface area contributed by atoms with Gasteiger partial charge in [0.05, 0.1) is 16.9 Å². The highest BCUT2D eigenvalue weighted by Crippen LogP contribution is 2.28. The van der Waals surface area contributed by atoms with Crippen molar-refractivity contribution in [3.05, 3.63) is 77.5 Å². The number of benzene rings is 1. The van der Waals surface area contributed by atoms with E-state index in [4.69, 9.17) is 10.5 Å². The van der Waals surface area contributed by atoms with E-state index in [9.17, 15) is 13.6 Å². The van der Waals surface area contributed by atoms with Crippen LogP contribution in [0.25, 0.3) is 11.3 Å². The Kier molecular flexibility index (Phi) is 6.47. The minimum Gasteiger partial charge on any atom is -0.485 e. The molecule has 178 valence electrons. The van der Waals surface area contributed by atoms with Crippen LogP contribution < -0.4 is 10.5 Å². The van der Waals surface area contributed by atoms with Gasteiger partial charge in [0.15, 0.2) is 17.2 Å². The topological polar surface area (TPSA) is 87.4 Å². The van der Waals surface area contributed by atoms with E-state index >= 15 is 0 Å². The van der Waals surface area contributed by atoms with Gasteiger partial charge >= 0.3 is 0 Å². The van der Waals surface area contributed by atoms with Crippen molar-refractivity contribution in [2.24, 2.45) is 5.73 Å². The number of fused-ring (bicyclic) bond motifs is 1. The molecule has 0 saturated carbocycles. The minimum absolute atomic E-state index is 0.0983. The highest BCUT2D eigenvalue weighted by atomic mass is 19.1. The Bertz CT molecular complexity index is 1310. The van der Waals surface area contributed by atoms with Gasteiger partial charge in [-0.05, 0) is 44.9 Å². The summed E-state index contributed by atoms with van der Waals surface area (Å²) in [7, 11) is 0. The third-order valence-electron chi connectivity index (χ3n) is 6.04. The van der Waals surface area contributed by atoms with Crippen LogP contribution in [-0.2, 0) is 6.61 Å². The Hall–Kier alpha value is -3.59. The van der Waals surface area contributed by atoms with Gasteiger partial charge in [0, 0.05) is 36.6 Å². The van der Waals surface area contributed by atoms with Gasteiger partial charge in [-0.2, -0.15) is 5.10 Å². The average Bonchev–Trinajstić information content (AvgIpc) is 3.45. The summed E-state index contributed by atoms with van der Waals surface area (Å²) in [4.78, 5) is 17.7. The van der Waals surface area contributed by atoms with E-state index in [0.717, 1.165) is 6.42 Å². The Morgan fingerprint density at radius 1 is 1.24 bits per heavy atom. The van der Waals surface area contributed by atoms with Gasteiger partial charge in [0.2, 0.25) is 0 Å². The van der Waals surface area contributed by atoms with Crippen LogP contribution in [0.15, 0.2) is 48.9 Å². The first-order chi connectivity index (χ1) is 16.2. The molecule has 0 aliphatic carbocycles. The lowest BCUT2D eigenvalue weighted by molar-refractivity contribution is 0.0964. The molecule has 0 spiro atoms. The maximum Gasteiger partial charge on any atom is 0.181 e. The van der Waals surface area contributed by atoms with Gasteiger partial charge in [-0.15, -0.1) is 0 Å². The largest absolute Gasteiger partial charge is 0.485 e. The van der Waals surface area contributed by atoms with Gasteiger partial charge in [0.1, 0.15) is 23.9 Å². The lowest BCUT2D eigenvalue weighted by atomic mass is 9.92. The summed E-state index contributed by atoms with van der Waals surface area (Å²) in [6, 6.07) is 7.09. The fourth-order valence-corrected chi connectivity index (χ4v) is 3.72. The highest BCUT2D eigenvalue weighted by molar-refractivity contribution is 5.96. The summed E-state index contributed by atoms with van der Waals surface area (Å²) in [6.45, 7) is 5.32. The summed E-state index contributed by atoms with van der Waals surface area (Å²) in [5.41, 5.74) is 7.52. The molecule has 0 saturated heterocycles. The van der Waals surface area contributed by atoms with Crippen LogP contribution in [0.2, 0.25) is 0 Å². The first-order valence-corrected chi connectivity index (χ1v) is 11.1. The number of nitrogens with zero attached hydrogens (tertiary/aromatic N) is 4. The van der Waals surface area contributed by atoms with E-state index in [-0.39, 0.29) is 30.1 Å². The van der Waals surface area contributed by atoms with E-state index in [1.54, 1.807) is 46.7 Å². The number of Topliss-reactive ketones (excluding diaryl/α,β-unsaturated/α-hetero) is 1. The summed E-state index contributed by atoms with van der Waals surface area (Å²) in [5, 5.41) is 4.25. The molecule has 0 aliphatic rings. The predicted octanol–water partition coefficient (Wildman–Crippen LogP) is 4.78. The number of aromatic nitrogens is 4. The zero-order valence-corrected chi connectivity index (χ0v) is 19.4. The number of aryl methyl sites for hydroxylation is 1. The van der Waals surface area contributed by atoms with Crippen molar-refractivity contribution in [1.82, 2.24) is 19.2 Å². The molecule has 7 nitrogen and oxygen atoms in total. The van der Waals surface area contributed by atoms with Gasteiger partial charge in [0.25, 0.3) is 0 Å². The Labute approximate surface area is 196 Å². The number of carbonyl (C=O) groups is 1. The second kappa shape index (κ2) is 9.34. The smallest absolute Gasteiger partial charge is 0.181 e. The number of nitrogens with two attached hydrogens (primary N) is 1. The van der Waals surface area contributed by atoms with Crippen molar-refractivity contribution in [3.63, 3.8) is 0 Å². The van der Waals surface area contributed by atoms with Crippen molar-refractivity contribution in [2.45, 2.75) is 52.2 Å². The third-order valence-corrected chi connectivity index (χ3v) is 6.04. The van der Waals surface area contributed by atoms with Crippen molar-refractivity contribution < 1.29 is 18.3 Å². The molecular weight excluding hydrogens is 440 g/mol. The summed E-state index contributed by atoms with van der Waals surface area (Å²) >= 11 is 0. The molecule has 4 aromatic rings. The van der Waals surface area contributed by atoms with Crippen molar-refractivity contribution in [1.29, 1.82) is 0 Å². The second-order valence-electron chi connectivity index (χ2n) is 8.67. The molecule has 3 heterocycles. The summed E-state index contributed by atoms with van der Waals surface area (Å²) in [6.07, 6.45) is 6.65. The fourth-order valence-electron chi connectivity index (χ4n) is 3.72. The maximum atomic E-state index is 14.1. The molecule has 1 aromatic carbocycles. The van der Waals surface area contributed by atoms with Crippen molar-refractivity contribution in [2.75, 3.05) is 0 Å². The van der Waals surface area contributed by atoms with Gasteiger partial charge < -0.3 is 10.5 Å². The number of ether oxygens (including phenoxy) is 1. The molecule has 0 radical (unpaired) electrons. The van der Waals surface area contributed by atoms with E-state index in [1.807, 2.05) is 13.8 Å². The third kappa shape index (κ3) is 4.70.